The van der Waals surface area contributed by atoms with Crippen molar-refractivity contribution in [3.05, 3.63) is 53.8 Å². The molecule has 7 nitrogen and oxygen atoms in total. The summed E-state index contributed by atoms with van der Waals surface area (Å²) < 4.78 is 95.3. The Morgan fingerprint density at radius 1 is 1.03 bits per heavy atom. The summed E-state index contributed by atoms with van der Waals surface area (Å²) in [5.74, 6) is -2.81. The molecule has 1 aromatic heterocycles. The third-order valence-electron chi connectivity index (χ3n) is 5.78. The second-order valence-corrected chi connectivity index (χ2v) is 11.9. The third-order valence-corrected chi connectivity index (χ3v) is 7.28. The molecule has 12 heteroatoms. The number of esters is 1. The van der Waals surface area contributed by atoms with Crippen LogP contribution >= 0.6 is 0 Å². The maximum atomic E-state index is 14.4. The Morgan fingerprint density at radius 3 is 2.08 bits per heavy atom. The van der Waals surface area contributed by atoms with Crippen molar-refractivity contribution in [2.45, 2.75) is 58.7 Å². The van der Waals surface area contributed by atoms with Crippen LogP contribution in [0.4, 0.5) is 23.4 Å². The Morgan fingerprint density at radius 2 is 1.61 bits per heavy atom. The first-order valence-corrected chi connectivity index (χ1v) is 13.1. The zero-order chi connectivity index (χ0) is 28.8. The highest BCUT2D eigenvalue weighted by atomic mass is 32.2. The summed E-state index contributed by atoms with van der Waals surface area (Å²) in [4.78, 5) is 13.3. The minimum atomic E-state index is -6.17. The van der Waals surface area contributed by atoms with Gasteiger partial charge in [-0.2, -0.15) is 21.6 Å². The largest absolute Gasteiger partial charge is 0.516 e. The number of fused-ring (bicyclic) bond motifs is 1. The van der Waals surface area contributed by atoms with Gasteiger partial charge >= 0.3 is 21.5 Å². The van der Waals surface area contributed by atoms with Crippen molar-refractivity contribution in [1.29, 1.82) is 0 Å². The molecular formula is C26H30F4N2O5S. The van der Waals surface area contributed by atoms with Gasteiger partial charge in [-0.1, -0.05) is 13.8 Å². The monoisotopic (exact) mass is 558 g/mol. The van der Waals surface area contributed by atoms with Gasteiger partial charge in [-0.3, -0.25) is 4.57 Å². The maximum Gasteiger partial charge on any atom is 0.516 e. The van der Waals surface area contributed by atoms with Gasteiger partial charge in [0.25, 0.3) is 0 Å². The molecule has 0 amide bonds. The molecular weight excluding hydrogens is 528 g/mol. The van der Waals surface area contributed by atoms with E-state index in [4.69, 9.17) is 9.47 Å². The average Bonchev–Trinajstić information content (AvgIpc) is 3.05. The van der Waals surface area contributed by atoms with Gasteiger partial charge in [0.05, 0.1) is 12.6 Å². The lowest BCUT2D eigenvalue weighted by atomic mass is 10.0. The van der Waals surface area contributed by atoms with Crippen LogP contribution in [0.15, 0.2) is 42.5 Å². The van der Waals surface area contributed by atoms with Crippen molar-refractivity contribution in [3.8, 4) is 11.4 Å². The van der Waals surface area contributed by atoms with Crippen LogP contribution in [0.5, 0.6) is 5.75 Å². The number of rotatable bonds is 7. The second kappa shape index (κ2) is 10.1. The first-order valence-electron chi connectivity index (χ1n) is 11.7. The molecule has 0 unspecified atom stereocenters. The normalized spacial score (nSPS) is 13.6. The Bertz CT molecular complexity index is 1440. The quantitative estimate of drug-likeness (QED) is 0.258. The summed E-state index contributed by atoms with van der Waals surface area (Å²) in [6.45, 7) is 8.82. The average molecular weight is 559 g/mol. The van der Waals surface area contributed by atoms with E-state index in [1.165, 1.54) is 83.6 Å². The fourth-order valence-corrected chi connectivity index (χ4v) is 5.47. The Labute approximate surface area is 219 Å². The van der Waals surface area contributed by atoms with Gasteiger partial charge in [-0.15, -0.1) is 0 Å². The number of benzene rings is 2. The number of aryl methyl sites for hydroxylation is 1. The molecule has 0 bridgehead atoms. The number of methoxy groups -OCH3 is 1. The van der Waals surface area contributed by atoms with Crippen LogP contribution in [0.2, 0.25) is 0 Å². The van der Waals surface area contributed by atoms with Crippen LogP contribution in [0.25, 0.3) is 16.6 Å². The van der Waals surface area contributed by atoms with Gasteiger partial charge in [0.2, 0.25) is 0 Å². The summed E-state index contributed by atoms with van der Waals surface area (Å²) in [6, 6.07) is 7.68. The molecule has 2 aromatic carbocycles. The summed E-state index contributed by atoms with van der Waals surface area (Å²) in [5.41, 5.74) is -6.45. The number of hydrogen-bond donors (Lipinski definition) is 0. The summed E-state index contributed by atoms with van der Waals surface area (Å²) >= 11 is 0. The first kappa shape index (κ1) is 29.3. The zero-order valence-corrected chi connectivity index (χ0v) is 22.9. The standard InChI is InChI=1S/C26H30F4N2O5S/c1-15(2)22(24(33)37-25(4,5)6)32(38(34,35)26(28,29)30)23-16(3)20-13-8-17(27)14-21(20)31(23)18-9-11-19(36-7)12-10-18/h8-15,22H,1-7H3/t22-/m0/s1. The number of sulfonamides is 1. The number of carbonyl (C=O) groups excluding carboxylic acids is 1. The molecule has 3 rings (SSSR count). The second-order valence-electron chi connectivity index (χ2n) is 10.1. The predicted octanol–water partition coefficient (Wildman–Crippen LogP) is 6.11. The van der Waals surface area contributed by atoms with E-state index in [2.05, 4.69) is 0 Å². The highest BCUT2D eigenvalue weighted by Crippen LogP contribution is 2.42. The molecule has 1 atom stereocenters. The van der Waals surface area contributed by atoms with Gasteiger partial charge < -0.3 is 9.47 Å². The van der Waals surface area contributed by atoms with E-state index in [0.29, 0.717) is 11.1 Å². The van der Waals surface area contributed by atoms with E-state index < -0.39 is 50.7 Å². The van der Waals surface area contributed by atoms with Crippen molar-refractivity contribution >= 4 is 32.7 Å². The van der Waals surface area contributed by atoms with Gasteiger partial charge in [0.1, 0.15) is 29.0 Å². The maximum absolute atomic E-state index is 14.4. The molecule has 0 spiro atoms. The van der Waals surface area contributed by atoms with Crippen molar-refractivity contribution in [2.24, 2.45) is 5.92 Å². The first-order chi connectivity index (χ1) is 17.4. The lowest BCUT2D eigenvalue weighted by molar-refractivity contribution is -0.157. The molecule has 208 valence electrons. The Hall–Kier alpha value is -3.28. The smallest absolute Gasteiger partial charge is 0.497 e. The van der Waals surface area contributed by atoms with Gasteiger partial charge in [0, 0.05) is 16.6 Å². The summed E-state index contributed by atoms with van der Waals surface area (Å²) in [6.07, 6.45) is 0. The highest BCUT2D eigenvalue weighted by molar-refractivity contribution is 7.93. The molecule has 1 heterocycles. The molecule has 38 heavy (non-hydrogen) atoms. The van der Waals surface area contributed by atoms with E-state index in [9.17, 15) is 30.8 Å². The van der Waals surface area contributed by atoms with E-state index >= 15 is 0 Å². The molecule has 0 aliphatic heterocycles. The van der Waals surface area contributed by atoms with E-state index in [1.807, 2.05) is 0 Å². The van der Waals surface area contributed by atoms with Crippen molar-refractivity contribution in [2.75, 3.05) is 11.4 Å². The minimum absolute atomic E-state index is 0.0726. The highest BCUT2D eigenvalue weighted by Gasteiger charge is 2.56. The molecule has 0 aliphatic rings. The SMILES string of the molecule is COc1ccc(-n2c(N([C@H](C(=O)OC(C)(C)C)C(C)C)S(=O)(=O)C(F)(F)F)c(C)c3ccc(F)cc32)cc1. The fraction of sp³-hybridized carbons (Fsp3) is 0.423. The summed E-state index contributed by atoms with van der Waals surface area (Å²) in [5, 5.41) is 0.297. The van der Waals surface area contributed by atoms with Crippen LogP contribution in [-0.4, -0.2) is 43.2 Å². The van der Waals surface area contributed by atoms with E-state index in [-0.39, 0.29) is 21.1 Å². The molecule has 0 saturated heterocycles. The van der Waals surface area contributed by atoms with Gasteiger partial charge in [0.15, 0.2) is 0 Å². The molecule has 0 fully saturated rings. The van der Waals surface area contributed by atoms with Gasteiger partial charge in [-0.25, -0.2) is 13.5 Å². The molecule has 0 radical (unpaired) electrons. The van der Waals surface area contributed by atoms with Gasteiger partial charge in [-0.05, 0) is 76.1 Å². The number of nitrogens with zero attached hydrogens (tertiary/aromatic N) is 2. The molecule has 3 aromatic rings. The lowest BCUT2D eigenvalue weighted by Gasteiger charge is -2.36. The van der Waals surface area contributed by atoms with Crippen LogP contribution < -0.4 is 9.04 Å². The minimum Gasteiger partial charge on any atom is -0.497 e. The molecule has 0 N–H and O–H groups in total. The number of anilines is 1. The van der Waals surface area contributed by atoms with Crippen LogP contribution in [0.1, 0.15) is 40.2 Å². The predicted molar refractivity (Wildman–Crippen MR) is 136 cm³/mol. The lowest BCUT2D eigenvalue weighted by Crippen LogP contribution is -2.54. The number of ether oxygens (including phenoxy) is 2. The van der Waals surface area contributed by atoms with Crippen molar-refractivity contribution in [1.82, 2.24) is 4.57 Å². The van der Waals surface area contributed by atoms with Crippen LogP contribution in [0.3, 0.4) is 0 Å². The number of carbonyl (C=O) groups is 1. The van der Waals surface area contributed by atoms with Crippen molar-refractivity contribution in [3.63, 3.8) is 0 Å². The Kier molecular flexibility index (Phi) is 7.80. The number of halogens is 4. The molecule has 0 saturated carbocycles. The number of hydrogen-bond acceptors (Lipinski definition) is 5. The summed E-state index contributed by atoms with van der Waals surface area (Å²) in [7, 11) is -4.74. The van der Waals surface area contributed by atoms with E-state index in [1.54, 1.807) is 0 Å². The van der Waals surface area contributed by atoms with Crippen LogP contribution in [-0.2, 0) is 19.6 Å². The molecule has 0 aliphatic carbocycles. The topological polar surface area (TPSA) is 77.8 Å². The van der Waals surface area contributed by atoms with Crippen LogP contribution in [0, 0.1) is 18.7 Å². The van der Waals surface area contributed by atoms with E-state index in [0.717, 1.165) is 12.1 Å². The van der Waals surface area contributed by atoms with Crippen molar-refractivity contribution < 1.29 is 40.2 Å². The fourth-order valence-electron chi connectivity index (χ4n) is 4.17. The number of aromatic nitrogens is 1. The number of alkyl halides is 3. The third kappa shape index (κ3) is 5.45. The Balaban J connectivity index is 2.51. The zero-order valence-electron chi connectivity index (χ0n) is 22.1.